The van der Waals surface area contributed by atoms with Crippen LogP contribution in [0.25, 0.3) is 5.69 Å². The highest BCUT2D eigenvalue weighted by molar-refractivity contribution is 5.30. The highest BCUT2D eigenvalue weighted by Gasteiger charge is 2.21. The molecule has 0 saturated heterocycles. The summed E-state index contributed by atoms with van der Waals surface area (Å²) in [5.41, 5.74) is 2.16. The Morgan fingerprint density at radius 2 is 1.90 bits per heavy atom. The standard InChI is InChI=1S/C17H22N2O2/c20-12-14-6-8-17(9-7-14)21-13-15-10-18-19(11-15)16-4-2-1-3-5-16/h1-5,10-11,14,17,20H,6-9,12-13H2. The SMILES string of the molecule is OCC1CCC(OCc2cnn(-c3ccccc3)c2)CC1. The zero-order valence-corrected chi connectivity index (χ0v) is 12.2. The van der Waals surface area contributed by atoms with E-state index < -0.39 is 0 Å². The maximum Gasteiger partial charge on any atom is 0.0751 e. The summed E-state index contributed by atoms with van der Waals surface area (Å²) in [7, 11) is 0. The van der Waals surface area contributed by atoms with Crippen molar-refractivity contribution in [1.29, 1.82) is 0 Å². The third-order valence-corrected chi connectivity index (χ3v) is 4.19. The highest BCUT2D eigenvalue weighted by atomic mass is 16.5. The lowest BCUT2D eigenvalue weighted by atomic mass is 9.88. The molecule has 1 aromatic heterocycles. The van der Waals surface area contributed by atoms with E-state index in [9.17, 15) is 0 Å². The molecule has 0 bridgehead atoms. The number of aliphatic hydroxyl groups excluding tert-OH is 1. The van der Waals surface area contributed by atoms with Gasteiger partial charge in [0.05, 0.1) is 24.6 Å². The van der Waals surface area contributed by atoms with Crippen LogP contribution in [-0.4, -0.2) is 27.6 Å². The van der Waals surface area contributed by atoms with Crippen molar-refractivity contribution in [2.45, 2.75) is 38.4 Å². The zero-order valence-electron chi connectivity index (χ0n) is 12.2. The van der Waals surface area contributed by atoms with Crippen molar-refractivity contribution in [2.24, 2.45) is 5.92 Å². The maximum atomic E-state index is 9.14. The molecule has 0 atom stereocenters. The van der Waals surface area contributed by atoms with E-state index in [1.54, 1.807) is 0 Å². The van der Waals surface area contributed by atoms with E-state index in [0.717, 1.165) is 36.9 Å². The molecular formula is C17H22N2O2. The largest absolute Gasteiger partial charge is 0.396 e. The molecule has 1 N–H and O–H groups in total. The molecule has 0 unspecified atom stereocenters. The van der Waals surface area contributed by atoms with Crippen LogP contribution < -0.4 is 0 Å². The predicted molar refractivity (Wildman–Crippen MR) is 81.2 cm³/mol. The summed E-state index contributed by atoms with van der Waals surface area (Å²) < 4.78 is 7.85. The Hall–Kier alpha value is -1.65. The van der Waals surface area contributed by atoms with Gasteiger partial charge < -0.3 is 9.84 Å². The van der Waals surface area contributed by atoms with Gasteiger partial charge in [-0.15, -0.1) is 0 Å². The fourth-order valence-corrected chi connectivity index (χ4v) is 2.85. The van der Waals surface area contributed by atoms with Crippen LogP contribution in [0.15, 0.2) is 42.7 Å². The molecule has 3 rings (SSSR count). The van der Waals surface area contributed by atoms with E-state index in [1.165, 1.54) is 0 Å². The smallest absolute Gasteiger partial charge is 0.0751 e. The van der Waals surface area contributed by atoms with Gasteiger partial charge in [-0.25, -0.2) is 4.68 Å². The molecule has 4 nitrogen and oxygen atoms in total. The number of benzene rings is 1. The van der Waals surface area contributed by atoms with E-state index in [-0.39, 0.29) is 0 Å². The molecule has 1 saturated carbocycles. The molecule has 112 valence electrons. The van der Waals surface area contributed by atoms with Crippen LogP contribution in [0, 0.1) is 5.92 Å². The van der Waals surface area contributed by atoms with Gasteiger partial charge >= 0.3 is 0 Å². The highest BCUT2D eigenvalue weighted by Crippen LogP contribution is 2.26. The number of hydrogen-bond donors (Lipinski definition) is 1. The van der Waals surface area contributed by atoms with Crippen LogP contribution in [0.5, 0.6) is 0 Å². The Labute approximate surface area is 125 Å². The second-order valence-electron chi connectivity index (χ2n) is 5.77. The lowest BCUT2D eigenvalue weighted by Crippen LogP contribution is -2.23. The lowest BCUT2D eigenvalue weighted by molar-refractivity contribution is 0.00119. The molecular weight excluding hydrogens is 264 g/mol. The second-order valence-corrected chi connectivity index (χ2v) is 5.77. The van der Waals surface area contributed by atoms with Gasteiger partial charge in [0.2, 0.25) is 0 Å². The summed E-state index contributed by atoms with van der Waals surface area (Å²) in [4.78, 5) is 0. The molecule has 1 heterocycles. The van der Waals surface area contributed by atoms with Crippen LogP contribution >= 0.6 is 0 Å². The third-order valence-electron chi connectivity index (χ3n) is 4.19. The summed E-state index contributed by atoms with van der Waals surface area (Å²) in [6.07, 6.45) is 8.47. The molecule has 1 aliphatic carbocycles. The number of hydrogen-bond acceptors (Lipinski definition) is 3. The average molecular weight is 286 g/mol. The normalized spacial score (nSPS) is 22.3. The first-order valence-electron chi connectivity index (χ1n) is 7.66. The first-order chi connectivity index (χ1) is 10.3. The number of rotatable bonds is 5. The fourth-order valence-electron chi connectivity index (χ4n) is 2.85. The van der Waals surface area contributed by atoms with Crippen LogP contribution in [0.1, 0.15) is 31.2 Å². The van der Waals surface area contributed by atoms with Gasteiger partial charge in [-0.3, -0.25) is 0 Å². The second kappa shape index (κ2) is 6.87. The summed E-state index contributed by atoms with van der Waals surface area (Å²) >= 11 is 0. The van der Waals surface area contributed by atoms with Gasteiger partial charge in [0, 0.05) is 18.4 Å². The minimum atomic E-state index is 0.316. The summed E-state index contributed by atoms with van der Waals surface area (Å²) in [5, 5.41) is 13.5. The summed E-state index contributed by atoms with van der Waals surface area (Å²) in [6.45, 7) is 0.928. The van der Waals surface area contributed by atoms with E-state index >= 15 is 0 Å². The van der Waals surface area contributed by atoms with Crippen molar-refractivity contribution in [1.82, 2.24) is 9.78 Å². The van der Waals surface area contributed by atoms with Gasteiger partial charge in [0.25, 0.3) is 0 Å². The minimum Gasteiger partial charge on any atom is -0.396 e. The van der Waals surface area contributed by atoms with Crippen molar-refractivity contribution in [3.8, 4) is 5.69 Å². The van der Waals surface area contributed by atoms with E-state index in [2.05, 4.69) is 5.10 Å². The summed E-state index contributed by atoms with van der Waals surface area (Å²) in [6, 6.07) is 10.1. The number of aliphatic hydroxyl groups is 1. The molecule has 0 radical (unpaired) electrons. The fraction of sp³-hybridized carbons (Fsp3) is 0.471. The van der Waals surface area contributed by atoms with Crippen LogP contribution in [0.4, 0.5) is 0 Å². The molecule has 1 fully saturated rings. The Morgan fingerprint density at radius 3 is 2.62 bits per heavy atom. The maximum absolute atomic E-state index is 9.14. The number of ether oxygens (including phenoxy) is 1. The minimum absolute atomic E-state index is 0.316. The topological polar surface area (TPSA) is 47.3 Å². The predicted octanol–water partition coefficient (Wildman–Crippen LogP) is 2.94. The average Bonchev–Trinajstić information content (AvgIpc) is 3.03. The molecule has 2 aromatic rings. The van der Waals surface area contributed by atoms with Gasteiger partial charge in [0.15, 0.2) is 0 Å². The quantitative estimate of drug-likeness (QED) is 0.919. The van der Waals surface area contributed by atoms with Crippen molar-refractivity contribution in [3.05, 3.63) is 48.3 Å². The number of nitrogens with zero attached hydrogens (tertiary/aromatic N) is 2. The van der Waals surface area contributed by atoms with Crippen molar-refractivity contribution < 1.29 is 9.84 Å². The van der Waals surface area contributed by atoms with Gasteiger partial charge in [-0.1, -0.05) is 18.2 Å². The molecule has 0 aliphatic heterocycles. The van der Waals surface area contributed by atoms with Gasteiger partial charge in [-0.05, 0) is 43.7 Å². The van der Waals surface area contributed by atoms with Crippen molar-refractivity contribution in [2.75, 3.05) is 6.61 Å². The van der Waals surface area contributed by atoms with Gasteiger partial charge in [0.1, 0.15) is 0 Å². The molecule has 0 spiro atoms. The molecule has 4 heteroatoms. The third kappa shape index (κ3) is 3.71. The van der Waals surface area contributed by atoms with E-state index in [0.29, 0.717) is 25.2 Å². The van der Waals surface area contributed by atoms with Crippen LogP contribution in [-0.2, 0) is 11.3 Å². The zero-order chi connectivity index (χ0) is 14.5. The Balaban J connectivity index is 1.52. The molecule has 1 aliphatic rings. The first-order valence-corrected chi connectivity index (χ1v) is 7.66. The Kier molecular flexibility index (Phi) is 4.68. The van der Waals surface area contributed by atoms with Gasteiger partial charge in [-0.2, -0.15) is 5.10 Å². The Morgan fingerprint density at radius 1 is 1.14 bits per heavy atom. The van der Waals surface area contributed by atoms with Crippen LogP contribution in [0.2, 0.25) is 0 Å². The first kappa shape index (κ1) is 14.3. The Bertz CT molecular complexity index is 545. The lowest BCUT2D eigenvalue weighted by Gasteiger charge is -2.27. The molecule has 21 heavy (non-hydrogen) atoms. The van der Waals surface area contributed by atoms with Crippen LogP contribution in [0.3, 0.4) is 0 Å². The molecule has 0 amide bonds. The number of para-hydroxylation sites is 1. The van der Waals surface area contributed by atoms with E-state index in [1.807, 2.05) is 47.4 Å². The molecule has 1 aromatic carbocycles. The summed E-state index contributed by atoms with van der Waals surface area (Å²) in [5.74, 6) is 0.477. The van der Waals surface area contributed by atoms with Crippen molar-refractivity contribution >= 4 is 0 Å². The van der Waals surface area contributed by atoms with E-state index in [4.69, 9.17) is 9.84 Å². The number of aromatic nitrogens is 2. The monoisotopic (exact) mass is 286 g/mol. The van der Waals surface area contributed by atoms with Crippen molar-refractivity contribution in [3.63, 3.8) is 0 Å².